The maximum Gasteiger partial charge on any atom is 0.407 e. The van der Waals surface area contributed by atoms with E-state index in [2.05, 4.69) is 15.7 Å². The fourth-order valence-electron chi connectivity index (χ4n) is 2.81. The predicted molar refractivity (Wildman–Crippen MR) is 111 cm³/mol. The molecule has 2 aromatic carbocycles. The van der Waals surface area contributed by atoms with Crippen LogP contribution in [0.4, 0.5) is 9.18 Å². The van der Waals surface area contributed by atoms with Crippen LogP contribution >= 0.6 is 0 Å². The summed E-state index contributed by atoms with van der Waals surface area (Å²) in [5.41, 5.74) is 3.39. The Labute approximate surface area is 173 Å². The first-order chi connectivity index (χ1) is 14.5. The Morgan fingerprint density at radius 3 is 2.37 bits per heavy atom. The SMILES string of the molecule is CCOC(=O)NCCNC(=O)c1cn(-c2ccc(F)cc2)nc1-c1ccc(C)cc1. The third-order valence-corrected chi connectivity index (χ3v) is 4.33. The van der Waals surface area contributed by atoms with Gasteiger partial charge in [-0.05, 0) is 38.1 Å². The highest BCUT2D eigenvalue weighted by atomic mass is 19.1. The molecule has 0 fully saturated rings. The van der Waals surface area contributed by atoms with Gasteiger partial charge in [0.25, 0.3) is 5.91 Å². The van der Waals surface area contributed by atoms with Crippen molar-refractivity contribution in [2.45, 2.75) is 13.8 Å². The van der Waals surface area contributed by atoms with Crippen LogP contribution < -0.4 is 10.6 Å². The minimum Gasteiger partial charge on any atom is -0.450 e. The number of halogens is 1. The number of carbonyl (C=O) groups is 2. The van der Waals surface area contributed by atoms with Crippen LogP contribution in [-0.4, -0.2) is 41.5 Å². The van der Waals surface area contributed by atoms with Crippen molar-refractivity contribution >= 4 is 12.0 Å². The summed E-state index contributed by atoms with van der Waals surface area (Å²) in [7, 11) is 0. The number of hydrogen-bond donors (Lipinski definition) is 2. The van der Waals surface area contributed by atoms with Gasteiger partial charge in [-0.1, -0.05) is 29.8 Å². The monoisotopic (exact) mass is 410 g/mol. The lowest BCUT2D eigenvalue weighted by Crippen LogP contribution is -2.35. The average molecular weight is 410 g/mol. The van der Waals surface area contributed by atoms with Gasteiger partial charge in [-0.2, -0.15) is 5.10 Å². The van der Waals surface area contributed by atoms with Crippen LogP contribution in [-0.2, 0) is 4.74 Å². The Bertz CT molecular complexity index is 1010. The van der Waals surface area contributed by atoms with Crippen molar-refractivity contribution in [1.29, 1.82) is 0 Å². The van der Waals surface area contributed by atoms with Gasteiger partial charge >= 0.3 is 6.09 Å². The normalized spacial score (nSPS) is 10.5. The highest BCUT2D eigenvalue weighted by Gasteiger charge is 2.18. The quantitative estimate of drug-likeness (QED) is 0.584. The van der Waals surface area contributed by atoms with Gasteiger partial charge in [0.2, 0.25) is 0 Å². The molecule has 8 heteroatoms. The molecule has 0 aliphatic rings. The van der Waals surface area contributed by atoms with Gasteiger partial charge in [0.05, 0.1) is 17.9 Å². The van der Waals surface area contributed by atoms with E-state index in [4.69, 9.17) is 4.74 Å². The van der Waals surface area contributed by atoms with Crippen molar-refractivity contribution in [1.82, 2.24) is 20.4 Å². The number of nitrogens with one attached hydrogen (secondary N) is 2. The molecule has 30 heavy (non-hydrogen) atoms. The van der Waals surface area contributed by atoms with Crippen molar-refractivity contribution in [3.8, 4) is 16.9 Å². The summed E-state index contributed by atoms with van der Waals surface area (Å²) in [4.78, 5) is 24.1. The van der Waals surface area contributed by atoms with Crippen molar-refractivity contribution in [3.63, 3.8) is 0 Å². The van der Waals surface area contributed by atoms with Crippen molar-refractivity contribution in [3.05, 3.63) is 71.7 Å². The van der Waals surface area contributed by atoms with E-state index >= 15 is 0 Å². The minimum absolute atomic E-state index is 0.229. The van der Waals surface area contributed by atoms with Gasteiger partial charge < -0.3 is 15.4 Å². The molecule has 0 spiro atoms. The van der Waals surface area contributed by atoms with Crippen LogP contribution in [0.3, 0.4) is 0 Å². The van der Waals surface area contributed by atoms with Gasteiger partial charge in [-0.3, -0.25) is 4.79 Å². The standard InChI is InChI=1S/C22H23FN4O3/c1-3-30-22(29)25-13-12-24-21(28)19-14-27(18-10-8-17(23)9-11-18)26-20(19)16-6-4-15(2)5-7-16/h4-11,14H,3,12-13H2,1-2H3,(H,24,28)(H,25,29). The van der Waals surface area contributed by atoms with E-state index in [1.807, 2.05) is 31.2 Å². The Morgan fingerprint density at radius 1 is 1.03 bits per heavy atom. The van der Waals surface area contributed by atoms with Crippen molar-refractivity contribution in [2.75, 3.05) is 19.7 Å². The maximum absolute atomic E-state index is 13.3. The molecule has 0 bridgehead atoms. The van der Waals surface area contributed by atoms with Gasteiger partial charge in [-0.15, -0.1) is 0 Å². The Hall–Kier alpha value is -3.68. The van der Waals surface area contributed by atoms with Crippen molar-refractivity contribution < 1.29 is 18.7 Å². The van der Waals surface area contributed by atoms with E-state index in [1.165, 1.54) is 12.1 Å². The summed E-state index contributed by atoms with van der Waals surface area (Å²) in [6.07, 6.45) is 1.08. The van der Waals surface area contributed by atoms with Gasteiger partial charge in [0, 0.05) is 24.8 Å². The predicted octanol–water partition coefficient (Wildman–Crippen LogP) is 3.46. The summed E-state index contributed by atoms with van der Waals surface area (Å²) < 4.78 is 19.6. The maximum atomic E-state index is 13.3. The largest absolute Gasteiger partial charge is 0.450 e. The Morgan fingerprint density at radius 2 is 1.70 bits per heavy atom. The molecule has 0 saturated heterocycles. The second kappa shape index (κ2) is 9.69. The molecule has 0 atom stereocenters. The number of rotatable bonds is 7. The van der Waals surface area contributed by atoms with Gasteiger partial charge in [-0.25, -0.2) is 13.9 Å². The summed E-state index contributed by atoms with van der Waals surface area (Å²) in [5.74, 6) is -0.679. The number of alkyl carbamates (subject to hydrolysis) is 1. The zero-order chi connectivity index (χ0) is 21.5. The van der Waals surface area contributed by atoms with Crippen molar-refractivity contribution in [2.24, 2.45) is 0 Å². The summed E-state index contributed by atoms with van der Waals surface area (Å²) >= 11 is 0. The fourth-order valence-corrected chi connectivity index (χ4v) is 2.81. The second-order valence-electron chi connectivity index (χ2n) is 6.58. The molecule has 0 saturated carbocycles. The lowest BCUT2D eigenvalue weighted by Gasteiger charge is -2.07. The van der Waals surface area contributed by atoms with Crippen LogP contribution in [0.25, 0.3) is 16.9 Å². The number of aryl methyl sites for hydroxylation is 1. The number of nitrogens with zero attached hydrogens (tertiary/aromatic N) is 2. The molecular weight excluding hydrogens is 387 g/mol. The lowest BCUT2D eigenvalue weighted by molar-refractivity contribution is 0.0953. The molecule has 1 aromatic heterocycles. The Balaban J connectivity index is 1.82. The first kappa shape index (κ1) is 21.0. The number of aromatic nitrogens is 2. The molecule has 156 valence electrons. The minimum atomic E-state index is -0.531. The van der Waals surface area contributed by atoms with Gasteiger partial charge in [0.15, 0.2) is 0 Å². The van der Waals surface area contributed by atoms with E-state index in [9.17, 15) is 14.0 Å². The second-order valence-corrected chi connectivity index (χ2v) is 6.58. The topological polar surface area (TPSA) is 85.3 Å². The van der Waals surface area contributed by atoms with E-state index in [0.717, 1.165) is 11.1 Å². The van der Waals surface area contributed by atoms with E-state index in [-0.39, 0.29) is 31.4 Å². The highest BCUT2D eigenvalue weighted by molar-refractivity contribution is 6.00. The molecule has 7 nitrogen and oxygen atoms in total. The molecule has 3 aromatic rings. The van der Waals surface area contributed by atoms with E-state index in [1.54, 1.807) is 29.9 Å². The molecule has 0 aliphatic heterocycles. The number of carbonyl (C=O) groups excluding carboxylic acids is 2. The molecule has 1 heterocycles. The Kier molecular flexibility index (Phi) is 6.79. The summed E-state index contributed by atoms with van der Waals surface area (Å²) in [6.45, 7) is 4.43. The summed E-state index contributed by atoms with van der Waals surface area (Å²) in [5, 5.41) is 9.87. The molecule has 2 N–H and O–H groups in total. The zero-order valence-electron chi connectivity index (χ0n) is 16.8. The third kappa shape index (κ3) is 5.22. The number of amides is 2. The van der Waals surface area contributed by atoms with Crippen LogP contribution in [0.2, 0.25) is 0 Å². The molecule has 3 rings (SSSR count). The first-order valence-corrected chi connectivity index (χ1v) is 9.59. The zero-order valence-corrected chi connectivity index (χ0v) is 16.8. The van der Waals surface area contributed by atoms with Crippen LogP contribution in [0.1, 0.15) is 22.8 Å². The van der Waals surface area contributed by atoms with E-state index < -0.39 is 6.09 Å². The fraction of sp³-hybridized carbons (Fsp3) is 0.227. The van der Waals surface area contributed by atoms with Crippen LogP contribution in [0.15, 0.2) is 54.7 Å². The molecule has 0 radical (unpaired) electrons. The van der Waals surface area contributed by atoms with E-state index in [0.29, 0.717) is 16.9 Å². The van der Waals surface area contributed by atoms with Crippen LogP contribution in [0.5, 0.6) is 0 Å². The number of hydrogen-bond acceptors (Lipinski definition) is 4. The number of benzene rings is 2. The van der Waals surface area contributed by atoms with Crippen LogP contribution in [0, 0.1) is 12.7 Å². The summed E-state index contributed by atoms with van der Waals surface area (Å²) in [6, 6.07) is 13.5. The highest BCUT2D eigenvalue weighted by Crippen LogP contribution is 2.24. The molecular formula is C22H23FN4O3. The molecule has 0 aliphatic carbocycles. The molecule has 2 amide bonds. The van der Waals surface area contributed by atoms with Gasteiger partial charge in [0.1, 0.15) is 11.5 Å². The third-order valence-electron chi connectivity index (χ3n) is 4.33. The average Bonchev–Trinajstić information content (AvgIpc) is 3.18. The molecule has 0 unspecified atom stereocenters. The smallest absolute Gasteiger partial charge is 0.407 e. The lowest BCUT2D eigenvalue weighted by atomic mass is 10.1. The first-order valence-electron chi connectivity index (χ1n) is 9.59. The number of ether oxygens (including phenoxy) is 1.